The molecule has 0 aliphatic carbocycles. The Hall–Kier alpha value is -1.94. The number of pyridine rings is 1. The van der Waals surface area contributed by atoms with Crippen LogP contribution in [-0.2, 0) is 0 Å². The molecule has 0 saturated carbocycles. The number of fused-ring (bicyclic) bond motifs is 1. The fraction of sp³-hybridized carbons (Fsp3) is 0.286. The molecule has 0 bridgehead atoms. The Labute approximate surface area is 107 Å². The standard InChI is InChI=1S/C14H18N4/c1-18(2)10-9-16-17-11-13-6-3-5-12-7-4-8-15-14(12)13/h3-8,11,16H,9-10H2,1-2H3/p+1/b17-11-. The zero-order valence-electron chi connectivity index (χ0n) is 10.9. The van der Waals surface area contributed by atoms with Gasteiger partial charge < -0.3 is 10.3 Å². The minimum absolute atomic E-state index is 0.845. The lowest BCUT2D eigenvalue weighted by Crippen LogP contribution is -2.23. The molecule has 0 spiro atoms. The molecule has 0 unspecified atom stereocenters. The molecule has 18 heavy (non-hydrogen) atoms. The molecule has 1 heterocycles. The number of nitrogens with one attached hydrogen (secondary N) is 2. The van der Waals surface area contributed by atoms with Crippen LogP contribution in [0.5, 0.6) is 0 Å². The minimum atomic E-state index is 0.845. The topological polar surface area (TPSA) is 41.8 Å². The van der Waals surface area contributed by atoms with E-state index in [1.54, 1.807) is 0 Å². The SMILES string of the molecule is CN(C)CCN/N=C\c1cccc2ccc[nH+]c12. The predicted octanol–water partition coefficient (Wildman–Crippen LogP) is 1.14. The number of aromatic nitrogens is 1. The number of hydrazone groups is 1. The van der Waals surface area contributed by atoms with Gasteiger partial charge in [-0.05, 0) is 32.3 Å². The Balaban J connectivity index is 2.05. The van der Waals surface area contributed by atoms with E-state index in [0.717, 1.165) is 24.2 Å². The van der Waals surface area contributed by atoms with Gasteiger partial charge in [0.1, 0.15) is 0 Å². The lowest BCUT2D eigenvalue weighted by molar-refractivity contribution is -0.344. The number of likely N-dealkylation sites (N-methyl/N-ethyl adjacent to an activating group) is 1. The summed E-state index contributed by atoms with van der Waals surface area (Å²) in [6.45, 7) is 1.82. The van der Waals surface area contributed by atoms with E-state index in [0.29, 0.717) is 0 Å². The zero-order chi connectivity index (χ0) is 12.8. The molecule has 0 atom stereocenters. The van der Waals surface area contributed by atoms with Crippen molar-refractivity contribution in [2.24, 2.45) is 5.10 Å². The molecule has 1 aromatic carbocycles. The van der Waals surface area contributed by atoms with Crippen LogP contribution in [0.25, 0.3) is 10.9 Å². The van der Waals surface area contributed by atoms with Crippen molar-refractivity contribution in [2.45, 2.75) is 0 Å². The first-order valence-corrected chi connectivity index (χ1v) is 6.07. The first-order chi connectivity index (χ1) is 8.77. The van der Waals surface area contributed by atoms with Crippen molar-refractivity contribution in [1.29, 1.82) is 0 Å². The second-order valence-corrected chi connectivity index (χ2v) is 4.45. The van der Waals surface area contributed by atoms with Crippen LogP contribution in [0.15, 0.2) is 41.6 Å². The van der Waals surface area contributed by atoms with Crippen LogP contribution in [-0.4, -0.2) is 38.3 Å². The lowest BCUT2D eigenvalue weighted by atomic mass is 10.1. The number of para-hydroxylation sites is 1. The third kappa shape index (κ3) is 3.28. The van der Waals surface area contributed by atoms with E-state index in [1.165, 1.54) is 5.39 Å². The molecular weight excluding hydrogens is 224 g/mol. The molecule has 0 amide bonds. The average molecular weight is 243 g/mol. The van der Waals surface area contributed by atoms with Crippen LogP contribution in [0, 0.1) is 0 Å². The second kappa shape index (κ2) is 6.12. The number of hydrogen-bond acceptors (Lipinski definition) is 3. The maximum Gasteiger partial charge on any atom is 0.219 e. The number of benzene rings is 1. The Morgan fingerprint density at radius 3 is 2.94 bits per heavy atom. The summed E-state index contributed by atoms with van der Waals surface area (Å²) >= 11 is 0. The minimum Gasteiger partial charge on any atom is -0.309 e. The maximum absolute atomic E-state index is 4.24. The second-order valence-electron chi connectivity index (χ2n) is 4.45. The fourth-order valence-corrected chi connectivity index (χ4v) is 1.74. The van der Waals surface area contributed by atoms with Gasteiger partial charge in [-0.25, -0.2) is 4.98 Å². The van der Waals surface area contributed by atoms with Crippen molar-refractivity contribution < 1.29 is 4.98 Å². The smallest absolute Gasteiger partial charge is 0.219 e. The fourth-order valence-electron chi connectivity index (χ4n) is 1.74. The number of nitrogens with zero attached hydrogens (tertiary/aromatic N) is 2. The van der Waals surface area contributed by atoms with Gasteiger partial charge in [-0.3, -0.25) is 0 Å². The Bertz CT molecular complexity index is 529. The summed E-state index contributed by atoms with van der Waals surface area (Å²) in [4.78, 5) is 5.37. The molecule has 2 rings (SSSR count). The van der Waals surface area contributed by atoms with Crippen molar-refractivity contribution in [1.82, 2.24) is 10.3 Å². The van der Waals surface area contributed by atoms with Crippen LogP contribution in [0.3, 0.4) is 0 Å². The summed E-state index contributed by atoms with van der Waals surface area (Å²) in [6.07, 6.45) is 3.79. The third-order valence-electron chi connectivity index (χ3n) is 2.69. The Kier molecular flexibility index (Phi) is 4.25. The van der Waals surface area contributed by atoms with Gasteiger partial charge >= 0.3 is 0 Å². The van der Waals surface area contributed by atoms with Gasteiger partial charge in [0.25, 0.3) is 0 Å². The van der Waals surface area contributed by atoms with Gasteiger partial charge in [0, 0.05) is 24.5 Å². The van der Waals surface area contributed by atoms with Crippen LogP contribution in [0.2, 0.25) is 0 Å². The molecule has 0 aliphatic rings. The molecule has 4 heteroatoms. The first-order valence-electron chi connectivity index (χ1n) is 6.07. The number of H-pyrrole nitrogens is 1. The first kappa shape index (κ1) is 12.5. The number of hydrogen-bond donors (Lipinski definition) is 1. The summed E-state index contributed by atoms with van der Waals surface area (Å²) < 4.78 is 0. The Morgan fingerprint density at radius 1 is 1.28 bits per heavy atom. The summed E-state index contributed by atoms with van der Waals surface area (Å²) in [5, 5.41) is 5.43. The van der Waals surface area contributed by atoms with E-state index >= 15 is 0 Å². The number of rotatable bonds is 5. The molecule has 0 aliphatic heterocycles. The van der Waals surface area contributed by atoms with E-state index in [9.17, 15) is 0 Å². The van der Waals surface area contributed by atoms with Gasteiger partial charge in [0.05, 0.1) is 11.8 Å². The molecule has 4 nitrogen and oxygen atoms in total. The van der Waals surface area contributed by atoms with Gasteiger partial charge in [-0.1, -0.05) is 6.07 Å². The maximum atomic E-state index is 4.24. The van der Waals surface area contributed by atoms with E-state index in [2.05, 4.69) is 38.6 Å². The highest BCUT2D eigenvalue weighted by molar-refractivity contribution is 5.95. The highest BCUT2D eigenvalue weighted by Gasteiger charge is 2.03. The molecule has 0 radical (unpaired) electrons. The normalized spacial score (nSPS) is 11.5. The van der Waals surface area contributed by atoms with Crippen molar-refractivity contribution in [3.63, 3.8) is 0 Å². The van der Waals surface area contributed by atoms with E-state index in [-0.39, 0.29) is 0 Å². The van der Waals surface area contributed by atoms with E-state index < -0.39 is 0 Å². The summed E-state index contributed by atoms with van der Waals surface area (Å²) in [5.41, 5.74) is 5.24. The highest BCUT2D eigenvalue weighted by Crippen LogP contribution is 2.11. The largest absolute Gasteiger partial charge is 0.309 e. The summed E-state index contributed by atoms with van der Waals surface area (Å²) in [5.74, 6) is 0. The molecule has 1 aromatic heterocycles. The van der Waals surface area contributed by atoms with Crippen LogP contribution in [0.4, 0.5) is 0 Å². The van der Waals surface area contributed by atoms with Gasteiger partial charge in [0.2, 0.25) is 5.52 Å². The monoisotopic (exact) mass is 243 g/mol. The zero-order valence-corrected chi connectivity index (χ0v) is 10.9. The van der Waals surface area contributed by atoms with Crippen LogP contribution in [0.1, 0.15) is 5.56 Å². The molecule has 94 valence electrons. The average Bonchev–Trinajstić information content (AvgIpc) is 2.38. The predicted molar refractivity (Wildman–Crippen MR) is 74.7 cm³/mol. The summed E-state index contributed by atoms with van der Waals surface area (Å²) in [7, 11) is 4.09. The number of aromatic amines is 1. The molecule has 2 N–H and O–H groups in total. The Morgan fingerprint density at radius 2 is 2.11 bits per heavy atom. The molecule has 0 fully saturated rings. The third-order valence-corrected chi connectivity index (χ3v) is 2.69. The van der Waals surface area contributed by atoms with Gasteiger partial charge in [0.15, 0.2) is 6.20 Å². The van der Waals surface area contributed by atoms with Crippen LogP contribution < -0.4 is 10.4 Å². The van der Waals surface area contributed by atoms with Crippen LogP contribution >= 0.6 is 0 Å². The summed E-state index contributed by atoms with van der Waals surface area (Å²) in [6, 6.07) is 10.3. The van der Waals surface area contributed by atoms with Crippen molar-refractivity contribution in [3.8, 4) is 0 Å². The van der Waals surface area contributed by atoms with Gasteiger partial charge in [-0.15, -0.1) is 0 Å². The van der Waals surface area contributed by atoms with Gasteiger partial charge in [-0.2, -0.15) is 5.10 Å². The molecular formula is C14H19N4+. The van der Waals surface area contributed by atoms with Crippen molar-refractivity contribution in [2.75, 3.05) is 27.2 Å². The lowest BCUT2D eigenvalue weighted by Gasteiger charge is -2.07. The highest BCUT2D eigenvalue weighted by atomic mass is 15.3. The molecule has 0 saturated heterocycles. The van der Waals surface area contributed by atoms with E-state index in [1.807, 2.05) is 38.6 Å². The van der Waals surface area contributed by atoms with Crippen molar-refractivity contribution >= 4 is 17.1 Å². The molecule has 2 aromatic rings. The quantitative estimate of drug-likeness (QED) is 0.486. The van der Waals surface area contributed by atoms with E-state index in [4.69, 9.17) is 0 Å². The van der Waals surface area contributed by atoms with Crippen molar-refractivity contribution in [3.05, 3.63) is 42.1 Å².